The molecule has 5 nitrogen and oxygen atoms in total. The van der Waals surface area contributed by atoms with Gasteiger partial charge in [-0.2, -0.15) is 0 Å². The summed E-state index contributed by atoms with van der Waals surface area (Å²) in [6.07, 6.45) is 1.10. The quantitative estimate of drug-likeness (QED) is 0.772. The number of fused-ring (bicyclic) bond motifs is 1. The first kappa shape index (κ1) is 17.7. The number of piperidine rings is 1. The Morgan fingerprint density at radius 3 is 2.73 bits per heavy atom. The van der Waals surface area contributed by atoms with Crippen LogP contribution in [0.3, 0.4) is 0 Å². The third kappa shape index (κ3) is 3.18. The largest absolute Gasteiger partial charge is 0.387 e. The third-order valence-electron chi connectivity index (χ3n) is 5.73. The van der Waals surface area contributed by atoms with E-state index in [9.17, 15) is 15.0 Å². The number of benzene rings is 1. The van der Waals surface area contributed by atoms with E-state index in [1.165, 1.54) is 0 Å². The maximum Gasteiger partial charge on any atom is 0.228 e. The number of anilines is 1. The number of thiophene rings is 1. The number of aliphatic hydroxyl groups is 2. The van der Waals surface area contributed by atoms with Crippen molar-refractivity contribution in [2.75, 3.05) is 18.4 Å². The maximum atomic E-state index is 11.5. The van der Waals surface area contributed by atoms with Crippen molar-refractivity contribution in [2.24, 2.45) is 0 Å². The number of hydrogen-bond acceptors (Lipinski definition) is 5. The molecular formula is C20H24N2O3S. The van der Waals surface area contributed by atoms with Crippen LogP contribution in [-0.2, 0) is 16.8 Å². The third-order valence-corrected chi connectivity index (χ3v) is 6.80. The van der Waals surface area contributed by atoms with Crippen molar-refractivity contribution in [1.29, 1.82) is 0 Å². The molecule has 1 saturated heterocycles. The summed E-state index contributed by atoms with van der Waals surface area (Å²) in [5, 5.41) is 26.6. The van der Waals surface area contributed by atoms with Gasteiger partial charge in [-0.3, -0.25) is 9.69 Å². The highest BCUT2D eigenvalue weighted by molar-refractivity contribution is 7.10. The van der Waals surface area contributed by atoms with E-state index in [1.807, 2.05) is 42.6 Å². The molecule has 2 aliphatic heterocycles. The minimum atomic E-state index is -0.741. The van der Waals surface area contributed by atoms with Crippen molar-refractivity contribution in [3.05, 3.63) is 51.7 Å². The molecule has 0 bridgehead atoms. The van der Waals surface area contributed by atoms with Crippen LogP contribution in [0.4, 0.5) is 5.69 Å². The lowest BCUT2D eigenvalue weighted by Crippen LogP contribution is -2.47. The zero-order chi connectivity index (χ0) is 18.3. The Morgan fingerprint density at radius 2 is 2.04 bits per heavy atom. The van der Waals surface area contributed by atoms with Crippen molar-refractivity contribution >= 4 is 22.9 Å². The molecule has 1 amide bonds. The number of amides is 1. The Labute approximate surface area is 157 Å². The highest BCUT2D eigenvalue weighted by atomic mass is 32.1. The minimum Gasteiger partial charge on any atom is -0.387 e. The van der Waals surface area contributed by atoms with Crippen LogP contribution in [0.25, 0.3) is 0 Å². The molecular weight excluding hydrogens is 348 g/mol. The number of nitrogens with one attached hydrogen (secondary N) is 1. The fraction of sp³-hybridized carbons (Fsp3) is 0.450. The fourth-order valence-corrected chi connectivity index (χ4v) is 4.89. The van der Waals surface area contributed by atoms with Crippen LogP contribution in [0.1, 0.15) is 41.9 Å². The highest BCUT2D eigenvalue weighted by Gasteiger charge is 2.37. The first-order valence-electron chi connectivity index (χ1n) is 9.07. The number of hydrogen-bond donors (Lipinski definition) is 3. The van der Waals surface area contributed by atoms with Crippen LogP contribution < -0.4 is 5.32 Å². The van der Waals surface area contributed by atoms with Gasteiger partial charge < -0.3 is 15.5 Å². The number of aliphatic hydroxyl groups excluding tert-OH is 1. The summed E-state index contributed by atoms with van der Waals surface area (Å²) < 4.78 is 0. The normalized spacial score (nSPS) is 21.9. The van der Waals surface area contributed by atoms with Gasteiger partial charge in [-0.1, -0.05) is 18.2 Å². The summed E-state index contributed by atoms with van der Waals surface area (Å²) in [5.41, 5.74) is 1.89. The summed E-state index contributed by atoms with van der Waals surface area (Å²) in [6.45, 7) is 3.52. The predicted octanol–water partition coefficient (Wildman–Crippen LogP) is 2.65. The van der Waals surface area contributed by atoms with Gasteiger partial charge in [0, 0.05) is 29.7 Å². The minimum absolute atomic E-state index is 0.00332. The van der Waals surface area contributed by atoms with Gasteiger partial charge in [-0.15, -0.1) is 11.3 Å². The molecule has 1 aromatic heterocycles. The monoisotopic (exact) mass is 372 g/mol. The van der Waals surface area contributed by atoms with Crippen LogP contribution in [0, 0.1) is 0 Å². The van der Waals surface area contributed by atoms with Crippen LogP contribution in [0.15, 0.2) is 35.7 Å². The number of likely N-dealkylation sites (tertiary alicyclic amines) is 1. The number of nitrogens with zero attached hydrogens (tertiary/aromatic N) is 1. The van der Waals surface area contributed by atoms with Gasteiger partial charge in [-0.05, 0) is 48.4 Å². The van der Waals surface area contributed by atoms with E-state index in [1.54, 1.807) is 11.3 Å². The molecule has 6 heteroatoms. The van der Waals surface area contributed by atoms with Gasteiger partial charge in [0.15, 0.2) is 0 Å². The highest BCUT2D eigenvalue weighted by Crippen LogP contribution is 2.37. The molecule has 1 fully saturated rings. The smallest absolute Gasteiger partial charge is 0.228 e. The Hall–Kier alpha value is -1.73. The van der Waals surface area contributed by atoms with Gasteiger partial charge in [0.1, 0.15) is 5.60 Å². The molecule has 138 valence electrons. The Kier molecular flexibility index (Phi) is 4.61. The van der Waals surface area contributed by atoms with E-state index < -0.39 is 11.7 Å². The first-order chi connectivity index (χ1) is 12.5. The summed E-state index contributed by atoms with van der Waals surface area (Å²) >= 11 is 1.60. The number of carbonyl (C=O) groups is 1. The zero-order valence-electron chi connectivity index (χ0n) is 14.8. The lowest BCUT2D eigenvalue weighted by Gasteiger charge is -2.41. The van der Waals surface area contributed by atoms with Crippen LogP contribution in [0.5, 0.6) is 0 Å². The van der Waals surface area contributed by atoms with Crippen molar-refractivity contribution in [2.45, 2.75) is 43.9 Å². The van der Waals surface area contributed by atoms with E-state index in [0.717, 1.165) is 34.8 Å². The van der Waals surface area contributed by atoms with Gasteiger partial charge in [0.05, 0.1) is 12.5 Å². The topological polar surface area (TPSA) is 72.8 Å². The molecule has 3 heterocycles. The molecule has 26 heavy (non-hydrogen) atoms. The van der Waals surface area contributed by atoms with E-state index >= 15 is 0 Å². The molecule has 0 saturated carbocycles. The van der Waals surface area contributed by atoms with Crippen molar-refractivity contribution in [3.8, 4) is 0 Å². The van der Waals surface area contributed by atoms with E-state index in [2.05, 4.69) is 10.2 Å². The SMILES string of the molecule is CC(C(O)c1ccc2c(c1)CC(=O)N2)N1CCC(O)(c2cccs2)CC1. The lowest BCUT2D eigenvalue weighted by molar-refractivity contribution is -0.115. The van der Waals surface area contributed by atoms with Gasteiger partial charge in [-0.25, -0.2) is 0 Å². The van der Waals surface area contributed by atoms with Crippen molar-refractivity contribution < 1.29 is 15.0 Å². The van der Waals surface area contributed by atoms with Gasteiger partial charge in [0.2, 0.25) is 5.91 Å². The van der Waals surface area contributed by atoms with Gasteiger partial charge in [0.25, 0.3) is 0 Å². The first-order valence-corrected chi connectivity index (χ1v) is 9.95. The van der Waals surface area contributed by atoms with Crippen LogP contribution >= 0.6 is 11.3 Å². The van der Waals surface area contributed by atoms with E-state index in [4.69, 9.17) is 0 Å². The molecule has 1 aromatic carbocycles. The molecule has 2 atom stereocenters. The summed E-state index contributed by atoms with van der Waals surface area (Å²) in [6, 6.07) is 9.61. The number of carbonyl (C=O) groups excluding carboxylic acids is 1. The summed E-state index contributed by atoms with van der Waals surface area (Å²) in [5.74, 6) is 0.00332. The second-order valence-corrected chi connectivity index (χ2v) is 8.32. The molecule has 4 rings (SSSR count). The standard InChI is InChI=1S/C20H24N2O3S/c1-13(19(24)14-4-5-16-15(11-14)12-18(23)21-16)22-8-6-20(25,7-9-22)17-3-2-10-26-17/h2-5,10-11,13,19,24-25H,6-9,12H2,1H3,(H,21,23). The molecule has 0 radical (unpaired) electrons. The van der Waals surface area contributed by atoms with Crippen molar-refractivity contribution in [1.82, 2.24) is 4.90 Å². The summed E-state index contributed by atoms with van der Waals surface area (Å²) in [4.78, 5) is 14.8. The number of rotatable bonds is 4. The molecule has 0 aliphatic carbocycles. The fourth-order valence-electron chi connectivity index (χ4n) is 4.00. The molecule has 3 N–H and O–H groups in total. The summed E-state index contributed by atoms with van der Waals surface area (Å²) in [7, 11) is 0. The average molecular weight is 372 g/mol. The second kappa shape index (κ2) is 6.78. The van der Waals surface area contributed by atoms with E-state index in [-0.39, 0.29) is 11.9 Å². The van der Waals surface area contributed by atoms with Crippen molar-refractivity contribution in [3.63, 3.8) is 0 Å². The average Bonchev–Trinajstić information content (AvgIpc) is 3.29. The lowest BCUT2D eigenvalue weighted by atomic mass is 9.88. The molecule has 0 spiro atoms. The second-order valence-electron chi connectivity index (χ2n) is 7.37. The zero-order valence-corrected chi connectivity index (χ0v) is 15.6. The molecule has 2 aromatic rings. The van der Waals surface area contributed by atoms with Crippen LogP contribution in [-0.4, -0.2) is 40.2 Å². The Morgan fingerprint density at radius 1 is 1.27 bits per heavy atom. The predicted molar refractivity (Wildman–Crippen MR) is 102 cm³/mol. The van der Waals surface area contributed by atoms with Crippen LogP contribution in [0.2, 0.25) is 0 Å². The Bertz CT molecular complexity index is 797. The maximum absolute atomic E-state index is 11.5. The molecule has 2 unspecified atom stereocenters. The van der Waals surface area contributed by atoms with Gasteiger partial charge >= 0.3 is 0 Å². The van der Waals surface area contributed by atoms with E-state index in [0.29, 0.717) is 19.3 Å². The Balaban J connectivity index is 1.43. The molecule has 2 aliphatic rings.